The lowest BCUT2D eigenvalue weighted by Gasteiger charge is -2.29. The predicted octanol–water partition coefficient (Wildman–Crippen LogP) is 1.61. The summed E-state index contributed by atoms with van der Waals surface area (Å²) in [5.74, 6) is 0.159. The van der Waals surface area contributed by atoms with Gasteiger partial charge in [-0.05, 0) is 12.8 Å². The summed E-state index contributed by atoms with van der Waals surface area (Å²) in [6, 6.07) is 0. The molecule has 1 aromatic rings. The predicted molar refractivity (Wildman–Crippen MR) is 66.9 cm³/mol. The van der Waals surface area contributed by atoms with E-state index in [9.17, 15) is 28.4 Å². The number of aryl methyl sites for hydroxylation is 1. The number of halogens is 3. The van der Waals surface area contributed by atoms with E-state index in [1.807, 2.05) is 0 Å². The largest absolute Gasteiger partial charge is 0.417 e. The van der Waals surface area contributed by atoms with Crippen LogP contribution in [0.25, 0.3) is 0 Å². The van der Waals surface area contributed by atoms with E-state index in [1.54, 1.807) is 0 Å². The summed E-state index contributed by atoms with van der Waals surface area (Å²) in [5.41, 5.74) is -3.00. The van der Waals surface area contributed by atoms with E-state index >= 15 is 0 Å². The molecule has 1 aromatic heterocycles. The summed E-state index contributed by atoms with van der Waals surface area (Å²) in [7, 11) is 1.49. The zero-order valence-corrected chi connectivity index (χ0v) is 11.3. The second-order valence-corrected chi connectivity index (χ2v) is 5.10. The van der Waals surface area contributed by atoms with Crippen molar-refractivity contribution in [2.24, 2.45) is 7.05 Å². The van der Waals surface area contributed by atoms with Crippen molar-refractivity contribution in [3.05, 3.63) is 16.3 Å². The molecule has 1 atom stereocenters. The van der Waals surface area contributed by atoms with Crippen LogP contribution in [0.4, 0.5) is 24.7 Å². The SMILES string of the molecule is Cn1ncc([N+](=O)[O-])c1N1CCC[C@@](O)(C(F)(F)F)CC1. The molecule has 10 heteroatoms. The Kier molecular flexibility index (Phi) is 3.83. The van der Waals surface area contributed by atoms with Gasteiger partial charge >= 0.3 is 11.9 Å². The first kappa shape index (κ1) is 15.5. The van der Waals surface area contributed by atoms with E-state index in [4.69, 9.17) is 0 Å². The Bertz CT molecular complexity index is 545. The van der Waals surface area contributed by atoms with Crippen LogP contribution >= 0.6 is 0 Å². The van der Waals surface area contributed by atoms with Gasteiger partial charge in [-0.1, -0.05) is 0 Å². The monoisotopic (exact) mass is 308 g/mol. The van der Waals surface area contributed by atoms with Crippen molar-refractivity contribution in [1.29, 1.82) is 0 Å². The van der Waals surface area contributed by atoms with Crippen LogP contribution in [0.3, 0.4) is 0 Å². The quantitative estimate of drug-likeness (QED) is 0.663. The molecule has 2 rings (SSSR count). The normalized spacial score (nSPS) is 24.0. The third-order valence-electron chi connectivity index (χ3n) is 3.73. The summed E-state index contributed by atoms with van der Waals surface area (Å²) in [5, 5.41) is 24.5. The first-order valence-corrected chi connectivity index (χ1v) is 6.36. The van der Waals surface area contributed by atoms with Gasteiger partial charge < -0.3 is 10.0 Å². The van der Waals surface area contributed by atoms with Gasteiger partial charge in [-0.15, -0.1) is 0 Å². The highest BCUT2D eigenvalue weighted by molar-refractivity contribution is 5.57. The molecular formula is C11H15F3N4O3. The zero-order chi connectivity index (χ0) is 15.8. The molecule has 1 N–H and O–H groups in total. The molecule has 0 unspecified atom stereocenters. The Morgan fingerprint density at radius 1 is 1.43 bits per heavy atom. The lowest BCUT2D eigenvalue weighted by Crippen LogP contribution is -2.45. The minimum absolute atomic E-state index is 0.0817. The molecule has 0 saturated carbocycles. The van der Waals surface area contributed by atoms with E-state index in [2.05, 4.69) is 5.10 Å². The number of hydrogen-bond acceptors (Lipinski definition) is 5. The van der Waals surface area contributed by atoms with Crippen molar-refractivity contribution in [2.75, 3.05) is 18.0 Å². The third kappa shape index (κ3) is 2.80. The number of aromatic nitrogens is 2. The zero-order valence-electron chi connectivity index (χ0n) is 11.3. The van der Waals surface area contributed by atoms with Crippen molar-refractivity contribution < 1.29 is 23.2 Å². The third-order valence-corrected chi connectivity index (χ3v) is 3.73. The van der Waals surface area contributed by atoms with Gasteiger partial charge in [0.2, 0.25) is 5.82 Å². The van der Waals surface area contributed by atoms with Gasteiger partial charge in [-0.3, -0.25) is 10.1 Å². The Labute approximate surface area is 118 Å². The number of anilines is 1. The Hall–Kier alpha value is -1.84. The summed E-state index contributed by atoms with van der Waals surface area (Å²) >= 11 is 0. The summed E-state index contributed by atoms with van der Waals surface area (Å²) in [4.78, 5) is 11.8. The molecule has 0 spiro atoms. The molecule has 0 aromatic carbocycles. The average Bonchev–Trinajstić information content (AvgIpc) is 2.62. The van der Waals surface area contributed by atoms with Gasteiger partial charge in [0.15, 0.2) is 5.60 Å². The van der Waals surface area contributed by atoms with Gasteiger partial charge in [0.25, 0.3) is 0 Å². The Morgan fingerprint density at radius 3 is 2.67 bits per heavy atom. The molecule has 118 valence electrons. The molecular weight excluding hydrogens is 293 g/mol. The van der Waals surface area contributed by atoms with Crippen molar-refractivity contribution in [2.45, 2.75) is 31.0 Å². The highest BCUT2D eigenvalue weighted by atomic mass is 19.4. The molecule has 0 radical (unpaired) electrons. The molecule has 1 saturated heterocycles. The second kappa shape index (κ2) is 5.17. The van der Waals surface area contributed by atoms with Crippen LogP contribution in [-0.4, -0.2) is 44.7 Å². The Balaban J connectivity index is 2.25. The van der Waals surface area contributed by atoms with Crippen LogP contribution < -0.4 is 4.90 Å². The second-order valence-electron chi connectivity index (χ2n) is 5.10. The molecule has 0 bridgehead atoms. The molecule has 7 nitrogen and oxygen atoms in total. The number of rotatable bonds is 2. The maximum atomic E-state index is 12.9. The number of aliphatic hydroxyl groups is 1. The summed E-state index contributed by atoms with van der Waals surface area (Å²) in [6.07, 6.45) is -4.51. The van der Waals surface area contributed by atoms with Gasteiger partial charge in [-0.25, -0.2) is 4.68 Å². The molecule has 1 fully saturated rings. The van der Waals surface area contributed by atoms with Crippen molar-refractivity contribution in [3.8, 4) is 0 Å². The number of nitro groups is 1. The van der Waals surface area contributed by atoms with E-state index in [0.29, 0.717) is 0 Å². The van der Waals surface area contributed by atoms with E-state index in [1.165, 1.54) is 16.6 Å². The highest BCUT2D eigenvalue weighted by Gasteiger charge is 2.53. The Morgan fingerprint density at radius 2 is 2.10 bits per heavy atom. The minimum atomic E-state index is -4.71. The molecule has 2 heterocycles. The fourth-order valence-electron chi connectivity index (χ4n) is 2.53. The fraction of sp³-hybridized carbons (Fsp3) is 0.727. The summed E-state index contributed by atoms with van der Waals surface area (Å²) < 4.78 is 39.9. The van der Waals surface area contributed by atoms with Gasteiger partial charge in [0.05, 0.1) is 4.92 Å². The molecule has 1 aliphatic heterocycles. The molecule has 0 amide bonds. The van der Waals surface area contributed by atoms with Gasteiger partial charge in [0, 0.05) is 26.6 Å². The first-order valence-electron chi connectivity index (χ1n) is 6.36. The standard InChI is InChI=1S/C11H15F3N4O3/c1-16-9(8(7-15-16)18(20)21)17-5-2-3-10(19,4-6-17)11(12,13)14/h7,19H,2-6H2,1H3/t10-/m0/s1. The number of hydrogen-bond donors (Lipinski definition) is 1. The minimum Gasteiger partial charge on any atom is -0.380 e. The van der Waals surface area contributed by atoms with Crippen LogP contribution in [0.15, 0.2) is 6.20 Å². The van der Waals surface area contributed by atoms with Gasteiger partial charge in [-0.2, -0.15) is 18.3 Å². The van der Waals surface area contributed by atoms with Gasteiger partial charge in [0.1, 0.15) is 6.20 Å². The highest BCUT2D eigenvalue weighted by Crippen LogP contribution is 2.39. The molecule has 1 aliphatic rings. The average molecular weight is 308 g/mol. The maximum Gasteiger partial charge on any atom is 0.417 e. The topological polar surface area (TPSA) is 84.4 Å². The maximum absolute atomic E-state index is 12.9. The van der Waals surface area contributed by atoms with Crippen LogP contribution in [0.2, 0.25) is 0 Å². The first-order chi connectivity index (χ1) is 9.66. The molecule has 0 aliphatic carbocycles. The number of alkyl halides is 3. The summed E-state index contributed by atoms with van der Waals surface area (Å²) in [6.45, 7) is 0.0646. The van der Waals surface area contributed by atoms with Crippen molar-refractivity contribution >= 4 is 11.5 Å². The van der Waals surface area contributed by atoms with Crippen molar-refractivity contribution in [3.63, 3.8) is 0 Å². The van der Waals surface area contributed by atoms with E-state index in [-0.39, 0.29) is 31.0 Å². The van der Waals surface area contributed by atoms with Crippen LogP contribution in [0.5, 0.6) is 0 Å². The van der Waals surface area contributed by atoms with E-state index in [0.717, 1.165) is 6.20 Å². The van der Waals surface area contributed by atoms with E-state index < -0.39 is 29.5 Å². The van der Waals surface area contributed by atoms with Crippen LogP contribution in [0, 0.1) is 10.1 Å². The van der Waals surface area contributed by atoms with Crippen molar-refractivity contribution in [1.82, 2.24) is 9.78 Å². The lowest BCUT2D eigenvalue weighted by atomic mass is 9.94. The fourth-order valence-corrected chi connectivity index (χ4v) is 2.53. The lowest BCUT2D eigenvalue weighted by molar-refractivity contribution is -0.384. The number of nitrogens with zero attached hydrogens (tertiary/aromatic N) is 4. The van der Waals surface area contributed by atoms with Crippen LogP contribution in [-0.2, 0) is 7.05 Å². The smallest absolute Gasteiger partial charge is 0.380 e. The van der Waals surface area contributed by atoms with Crippen LogP contribution in [0.1, 0.15) is 19.3 Å². The molecule has 21 heavy (non-hydrogen) atoms.